The van der Waals surface area contributed by atoms with Crippen LogP contribution < -0.4 is 14.8 Å². The highest BCUT2D eigenvalue weighted by atomic mass is 32.1. The Hall–Kier alpha value is -3.17. The summed E-state index contributed by atoms with van der Waals surface area (Å²) in [6, 6.07) is 15.1. The molecule has 0 unspecified atom stereocenters. The minimum atomic E-state index is -0.101. The standard InChI is InChI=1S/C25H33N5O3S/c1-4-29(5-2)17-18-33-22-13-9-20(10-14-22)26-23(31)15-16-30-24(27-28-25(30)34)19-7-11-21(12-8-19)32-6-3/h7-14H,4-6,15-18H2,1-3H3,(H,26,31)(H,28,34). The van der Waals surface area contributed by atoms with E-state index in [1.807, 2.05) is 60.0 Å². The van der Waals surface area contributed by atoms with Crippen LogP contribution in [-0.4, -0.2) is 58.4 Å². The SMILES string of the molecule is CCOc1ccc(-c2n[nH]c(=S)n2CCC(=O)Nc2ccc(OCCN(CC)CC)cc2)cc1. The molecule has 1 amide bonds. The van der Waals surface area contributed by atoms with Gasteiger partial charge >= 0.3 is 0 Å². The number of anilines is 1. The number of aromatic amines is 1. The van der Waals surface area contributed by atoms with Gasteiger partial charge in [0.15, 0.2) is 10.6 Å². The van der Waals surface area contributed by atoms with Gasteiger partial charge in [-0.3, -0.25) is 14.5 Å². The Labute approximate surface area is 205 Å². The smallest absolute Gasteiger partial charge is 0.226 e. The third-order valence-electron chi connectivity index (χ3n) is 5.45. The fourth-order valence-corrected chi connectivity index (χ4v) is 3.74. The molecule has 0 aliphatic rings. The highest BCUT2D eigenvalue weighted by Gasteiger charge is 2.11. The molecule has 3 aromatic rings. The number of ether oxygens (including phenoxy) is 2. The summed E-state index contributed by atoms with van der Waals surface area (Å²) in [5.74, 6) is 2.17. The summed E-state index contributed by atoms with van der Waals surface area (Å²) in [6.45, 7) is 10.8. The molecule has 0 fully saturated rings. The predicted molar refractivity (Wildman–Crippen MR) is 137 cm³/mol. The number of H-pyrrole nitrogens is 1. The number of carbonyl (C=O) groups excluding carboxylic acids is 1. The molecule has 2 aromatic carbocycles. The van der Waals surface area contributed by atoms with Gasteiger partial charge in [0.1, 0.15) is 18.1 Å². The quantitative estimate of drug-likeness (QED) is 0.341. The van der Waals surface area contributed by atoms with Gasteiger partial charge in [-0.05, 0) is 80.8 Å². The molecular weight excluding hydrogens is 450 g/mol. The van der Waals surface area contributed by atoms with Crippen LogP contribution in [0.15, 0.2) is 48.5 Å². The van der Waals surface area contributed by atoms with Crippen molar-refractivity contribution >= 4 is 23.8 Å². The van der Waals surface area contributed by atoms with Crippen LogP contribution in [-0.2, 0) is 11.3 Å². The Morgan fingerprint density at radius 3 is 2.32 bits per heavy atom. The summed E-state index contributed by atoms with van der Waals surface area (Å²) >= 11 is 5.37. The van der Waals surface area contributed by atoms with Crippen molar-refractivity contribution in [2.75, 3.05) is 38.2 Å². The Morgan fingerprint density at radius 1 is 1.03 bits per heavy atom. The summed E-state index contributed by atoms with van der Waals surface area (Å²) in [5, 5.41) is 10.1. The van der Waals surface area contributed by atoms with E-state index in [0.717, 1.165) is 42.4 Å². The van der Waals surface area contributed by atoms with E-state index in [4.69, 9.17) is 21.7 Å². The minimum absolute atomic E-state index is 0.101. The first-order valence-corrected chi connectivity index (χ1v) is 12.1. The van der Waals surface area contributed by atoms with Crippen LogP contribution in [0.5, 0.6) is 11.5 Å². The van der Waals surface area contributed by atoms with E-state index in [9.17, 15) is 4.79 Å². The molecule has 8 nitrogen and oxygen atoms in total. The van der Waals surface area contributed by atoms with Crippen molar-refractivity contribution in [3.63, 3.8) is 0 Å². The van der Waals surface area contributed by atoms with Crippen molar-refractivity contribution in [1.82, 2.24) is 19.7 Å². The van der Waals surface area contributed by atoms with Gasteiger partial charge in [0.2, 0.25) is 5.91 Å². The Morgan fingerprint density at radius 2 is 1.68 bits per heavy atom. The first-order valence-electron chi connectivity index (χ1n) is 11.7. The highest BCUT2D eigenvalue weighted by molar-refractivity contribution is 7.71. The molecule has 0 radical (unpaired) electrons. The molecule has 2 N–H and O–H groups in total. The number of hydrogen-bond acceptors (Lipinski definition) is 6. The van der Waals surface area contributed by atoms with Crippen LogP contribution in [0.2, 0.25) is 0 Å². The second-order valence-corrected chi connectivity index (χ2v) is 8.05. The van der Waals surface area contributed by atoms with Crippen molar-refractivity contribution in [3.8, 4) is 22.9 Å². The van der Waals surface area contributed by atoms with Crippen LogP contribution >= 0.6 is 12.2 Å². The number of nitrogens with one attached hydrogen (secondary N) is 2. The average Bonchev–Trinajstić information content (AvgIpc) is 3.22. The van der Waals surface area contributed by atoms with Gasteiger partial charge in [-0.2, -0.15) is 5.10 Å². The van der Waals surface area contributed by atoms with E-state index in [1.165, 1.54) is 0 Å². The van der Waals surface area contributed by atoms with Gasteiger partial charge < -0.3 is 19.7 Å². The zero-order chi connectivity index (χ0) is 24.3. The maximum atomic E-state index is 12.5. The topological polar surface area (TPSA) is 84.4 Å². The molecule has 0 saturated heterocycles. The highest BCUT2D eigenvalue weighted by Crippen LogP contribution is 2.22. The van der Waals surface area contributed by atoms with Gasteiger partial charge in [-0.15, -0.1) is 0 Å². The number of nitrogens with zero attached hydrogens (tertiary/aromatic N) is 3. The summed E-state index contributed by atoms with van der Waals surface area (Å²) < 4.78 is 13.6. The first kappa shape index (κ1) is 25.5. The molecule has 0 spiro atoms. The fourth-order valence-electron chi connectivity index (χ4n) is 3.52. The monoisotopic (exact) mass is 483 g/mol. The number of rotatable bonds is 13. The number of amides is 1. The van der Waals surface area contributed by atoms with Crippen LogP contribution in [0.1, 0.15) is 27.2 Å². The normalized spacial score (nSPS) is 10.9. The summed E-state index contributed by atoms with van der Waals surface area (Å²) in [4.78, 5) is 14.8. The maximum absolute atomic E-state index is 12.5. The molecule has 34 heavy (non-hydrogen) atoms. The second-order valence-electron chi connectivity index (χ2n) is 7.66. The molecular formula is C25H33N5O3S. The Bertz CT molecular complexity index is 1090. The van der Waals surface area contributed by atoms with E-state index in [2.05, 4.69) is 34.3 Å². The Balaban J connectivity index is 1.52. The van der Waals surface area contributed by atoms with Crippen LogP contribution in [0, 0.1) is 4.77 Å². The largest absolute Gasteiger partial charge is 0.494 e. The molecule has 3 rings (SSSR count). The summed E-state index contributed by atoms with van der Waals surface area (Å²) in [5.41, 5.74) is 1.62. The van der Waals surface area contributed by atoms with E-state index < -0.39 is 0 Å². The molecule has 0 bridgehead atoms. The minimum Gasteiger partial charge on any atom is -0.494 e. The van der Waals surface area contributed by atoms with Crippen molar-refractivity contribution in [3.05, 3.63) is 53.3 Å². The fraction of sp³-hybridized carbons (Fsp3) is 0.400. The molecule has 0 atom stereocenters. The van der Waals surface area contributed by atoms with Crippen molar-refractivity contribution in [2.24, 2.45) is 0 Å². The molecule has 0 saturated carbocycles. The number of likely N-dealkylation sites (N-methyl/N-ethyl adjacent to an activating group) is 1. The first-order chi connectivity index (χ1) is 16.5. The Kier molecular flexibility index (Phi) is 9.66. The lowest BCUT2D eigenvalue weighted by molar-refractivity contribution is -0.116. The second kappa shape index (κ2) is 12.9. The van der Waals surface area contributed by atoms with E-state index in [0.29, 0.717) is 30.4 Å². The lowest BCUT2D eigenvalue weighted by Gasteiger charge is -2.18. The number of benzene rings is 2. The molecule has 0 aliphatic heterocycles. The van der Waals surface area contributed by atoms with Crippen LogP contribution in [0.25, 0.3) is 11.4 Å². The maximum Gasteiger partial charge on any atom is 0.226 e. The number of hydrogen-bond donors (Lipinski definition) is 2. The van der Waals surface area contributed by atoms with Crippen LogP contribution in [0.4, 0.5) is 5.69 Å². The molecule has 1 heterocycles. The number of carbonyl (C=O) groups is 1. The number of aromatic nitrogens is 3. The lowest BCUT2D eigenvalue weighted by Crippen LogP contribution is -2.27. The van der Waals surface area contributed by atoms with Gasteiger partial charge in [-0.1, -0.05) is 13.8 Å². The third-order valence-corrected chi connectivity index (χ3v) is 5.76. The van der Waals surface area contributed by atoms with Crippen LogP contribution in [0.3, 0.4) is 0 Å². The molecule has 1 aromatic heterocycles. The zero-order valence-corrected chi connectivity index (χ0v) is 20.9. The summed E-state index contributed by atoms with van der Waals surface area (Å²) in [7, 11) is 0. The molecule has 182 valence electrons. The summed E-state index contributed by atoms with van der Waals surface area (Å²) in [6.07, 6.45) is 0.264. The van der Waals surface area contributed by atoms with Crippen molar-refractivity contribution < 1.29 is 14.3 Å². The van der Waals surface area contributed by atoms with Gasteiger partial charge in [0.25, 0.3) is 0 Å². The average molecular weight is 484 g/mol. The molecule has 9 heteroatoms. The molecule has 0 aliphatic carbocycles. The van der Waals surface area contributed by atoms with E-state index in [1.54, 1.807) is 0 Å². The zero-order valence-electron chi connectivity index (χ0n) is 20.0. The van der Waals surface area contributed by atoms with E-state index >= 15 is 0 Å². The third kappa shape index (κ3) is 7.16. The van der Waals surface area contributed by atoms with E-state index in [-0.39, 0.29) is 12.3 Å². The van der Waals surface area contributed by atoms with Gasteiger partial charge in [-0.25, -0.2) is 0 Å². The van der Waals surface area contributed by atoms with Crippen molar-refractivity contribution in [2.45, 2.75) is 33.7 Å². The van der Waals surface area contributed by atoms with Gasteiger partial charge in [0, 0.05) is 30.8 Å². The lowest BCUT2D eigenvalue weighted by atomic mass is 10.2. The van der Waals surface area contributed by atoms with Crippen molar-refractivity contribution in [1.29, 1.82) is 0 Å². The predicted octanol–water partition coefficient (Wildman–Crippen LogP) is 4.76. The van der Waals surface area contributed by atoms with Gasteiger partial charge in [0.05, 0.1) is 6.61 Å².